The minimum absolute atomic E-state index is 0.105. The van der Waals surface area contributed by atoms with Gasteiger partial charge in [-0.25, -0.2) is 0 Å². The average Bonchev–Trinajstić information content (AvgIpc) is 3.08. The number of hydrogen-bond donors (Lipinski definition) is 1. The van der Waals surface area contributed by atoms with Crippen LogP contribution in [0.2, 0.25) is 0 Å². The fraction of sp³-hybridized carbons (Fsp3) is 0.625. The number of carbonyl (C=O) groups is 1. The summed E-state index contributed by atoms with van der Waals surface area (Å²) in [5, 5.41) is 10.4. The zero-order valence-electron chi connectivity index (χ0n) is 11.8. The van der Waals surface area contributed by atoms with E-state index in [1.54, 1.807) is 12.4 Å². The van der Waals surface area contributed by atoms with Crippen LogP contribution in [0.5, 0.6) is 0 Å². The summed E-state index contributed by atoms with van der Waals surface area (Å²) in [7, 11) is 0. The quantitative estimate of drug-likeness (QED) is 0.921. The first-order valence-corrected chi connectivity index (χ1v) is 7.60. The van der Waals surface area contributed by atoms with Crippen LogP contribution in [-0.2, 0) is 4.79 Å². The van der Waals surface area contributed by atoms with Crippen LogP contribution in [0, 0.1) is 0 Å². The number of aliphatic hydroxyl groups is 1. The van der Waals surface area contributed by atoms with Gasteiger partial charge in [0.15, 0.2) is 0 Å². The number of rotatable bonds is 3. The summed E-state index contributed by atoms with van der Waals surface area (Å²) in [5.41, 5.74) is 0.409. The Morgan fingerprint density at radius 1 is 1.30 bits per heavy atom. The van der Waals surface area contributed by atoms with Gasteiger partial charge in [-0.05, 0) is 43.4 Å². The van der Waals surface area contributed by atoms with Crippen LogP contribution in [-0.4, -0.2) is 33.0 Å². The molecule has 2 fully saturated rings. The normalized spacial score (nSPS) is 25.1. The molecule has 0 radical (unpaired) electrons. The largest absolute Gasteiger partial charge is 0.389 e. The van der Waals surface area contributed by atoms with Gasteiger partial charge in [-0.2, -0.15) is 0 Å². The van der Waals surface area contributed by atoms with Gasteiger partial charge in [0, 0.05) is 18.9 Å². The topological polar surface area (TPSA) is 53.4 Å². The Balaban J connectivity index is 1.70. The third kappa shape index (κ3) is 2.70. The number of nitrogens with zero attached hydrogens (tertiary/aromatic N) is 2. The molecule has 1 saturated carbocycles. The lowest BCUT2D eigenvalue weighted by atomic mass is 9.96. The third-order valence-corrected chi connectivity index (χ3v) is 4.68. The van der Waals surface area contributed by atoms with E-state index in [9.17, 15) is 9.90 Å². The Labute approximate surface area is 119 Å². The standard InChI is InChI=1S/C16H22N2O2/c19-15(12-16(20)7-1-2-8-16)18-11-3-4-14(18)13-5-9-17-10-6-13/h5-6,9-10,14,20H,1-4,7-8,11-12H2. The second-order valence-corrected chi connectivity index (χ2v) is 6.13. The predicted octanol–water partition coefficient (Wildman–Crippen LogP) is 2.44. The zero-order valence-corrected chi connectivity index (χ0v) is 11.8. The molecule has 0 bridgehead atoms. The van der Waals surface area contributed by atoms with Gasteiger partial charge in [0.05, 0.1) is 18.1 Å². The van der Waals surface area contributed by atoms with Crippen molar-refractivity contribution in [2.24, 2.45) is 0 Å². The molecule has 1 aromatic heterocycles. The van der Waals surface area contributed by atoms with Gasteiger partial charge in [-0.1, -0.05) is 12.8 Å². The van der Waals surface area contributed by atoms with Crippen molar-refractivity contribution in [2.75, 3.05) is 6.54 Å². The van der Waals surface area contributed by atoms with Crippen molar-refractivity contribution >= 4 is 5.91 Å². The fourth-order valence-corrected chi connectivity index (χ4v) is 3.59. The summed E-state index contributed by atoms with van der Waals surface area (Å²) in [6.07, 6.45) is 9.51. The zero-order chi connectivity index (χ0) is 14.0. The van der Waals surface area contributed by atoms with Gasteiger partial charge >= 0.3 is 0 Å². The van der Waals surface area contributed by atoms with E-state index < -0.39 is 5.60 Å². The lowest BCUT2D eigenvalue weighted by Gasteiger charge is -2.29. The molecule has 1 aromatic rings. The smallest absolute Gasteiger partial charge is 0.225 e. The van der Waals surface area contributed by atoms with Gasteiger partial charge in [0.25, 0.3) is 0 Å². The van der Waals surface area contributed by atoms with Crippen LogP contribution >= 0.6 is 0 Å². The van der Waals surface area contributed by atoms with Gasteiger partial charge < -0.3 is 10.0 Å². The van der Waals surface area contributed by atoms with Crippen LogP contribution in [0.25, 0.3) is 0 Å². The SMILES string of the molecule is O=C(CC1(O)CCCC1)N1CCCC1c1ccncc1. The van der Waals surface area contributed by atoms with Crippen molar-refractivity contribution < 1.29 is 9.90 Å². The third-order valence-electron chi connectivity index (χ3n) is 4.68. The molecule has 3 rings (SSSR count). The Kier molecular flexibility index (Phi) is 3.74. The maximum atomic E-state index is 12.5. The average molecular weight is 274 g/mol. The molecule has 1 aliphatic carbocycles. The summed E-state index contributed by atoms with van der Waals surface area (Å²) in [6.45, 7) is 0.807. The molecule has 0 spiro atoms. The highest BCUT2D eigenvalue weighted by Crippen LogP contribution is 2.36. The molecule has 4 nitrogen and oxygen atoms in total. The van der Waals surface area contributed by atoms with E-state index in [1.165, 1.54) is 0 Å². The van der Waals surface area contributed by atoms with Crippen molar-refractivity contribution in [3.63, 3.8) is 0 Å². The number of aromatic nitrogens is 1. The molecule has 2 aliphatic rings. The van der Waals surface area contributed by atoms with E-state index in [4.69, 9.17) is 0 Å². The number of hydrogen-bond acceptors (Lipinski definition) is 3. The molecule has 2 heterocycles. The maximum Gasteiger partial charge on any atom is 0.225 e. The molecule has 1 N–H and O–H groups in total. The van der Waals surface area contributed by atoms with Crippen LogP contribution in [0.4, 0.5) is 0 Å². The predicted molar refractivity (Wildman–Crippen MR) is 76.0 cm³/mol. The lowest BCUT2D eigenvalue weighted by molar-refractivity contribution is -0.137. The number of amides is 1. The number of pyridine rings is 1. The van der Waals surface area contributed by atoms with Gasteiger partial charge in [-0.3, -0.25) is 9.78 Å². The van der Waals surface area contributed by atoms with Crippen LogP contribution in [0.1, 0.15) is 56.6 Å². The Bertz CT molecular complexity index is 469. The molecule has 0 aromatic carbocycles. The highest BCUT2D eigenvalue weighted by atomic mass is 16.3. The van der Waals surface area contributed by atoms with E-state index in [0.717, 1.165) is 50.6 Å². The highest BCUT2D eigenvalue weighted by molar-refractivity contribution is 5.78. The second kappa shape index (κ2) is 5.52. The van der Waals surface area contributed by atoms with E-state index >= 15 is 0 Å². The Morgan fingerprint density at radius 2 is 2.00 bits per heavy atom. The van der Waals surface area contributed by atoms with E-state index in [2.05, 4.69) is 4.98 Å². The number of likely N-dealkylation sites (tertiary alicyclic amines) is 1. The Hall–Kier alpha value is -1.42. The monoisotopic (exact) mass is 274 g/mol. The van der Waals surface area contributed by atoms with Crippen molar-refractivity contribution in [3.8, 4) is 0 Å². The lowest BCUT2D eigenvalue weighted by Crippen LogP contribution is -2.37. The van der Waals surface area contributed by atoms with E-state index in [0.29, 0.717) is 0 Å². The molecular weight excluding hydrogens is 252 g/mol. The minimum Gasteiger partial charge on any atom is -0.389 e. The minimum atomic E-state index is -0.748. The molecule has 20 heavy (non-hydrogen) atoms. The van der Waals surface area contributed by atoms with Crippen LogP contribution in [0.3, 0.4) is 0 Å². The summed E-state index contributed by atoms with van der Waals surface area (Å²) >= 11 is 0. The summed E-state index contributed by atoms with van der Waals surface area (Å²) in [4.78, 5) is 18.5. The van der Waals surface area contributed by atoms with Crippen molar-refractivity contribution in [1.82, 2.24) is 9.88 Å². The second-order valence-electron chi connectivity index (χ2n) is 6.13. The fourth-order valence-electron chi connectivity index (χ4n) is 3.59. The molecular formula is C16H22N2O2. The summed E-state index contributed by atoms with van der Waals surface area (Å²) < 4.78 is 0. The molecule has 4 heteroatoms. The maximum absolute atomic E-state index is 12.5. The van der Waals surface area contributed by atoms with Crippen LogP contribution in [0.15, 0.2) is 24.5 Å². The van der Waals surface area contributed by atoms with Crippen molar-refractivity contribution in [3.05, 3.63) is 30.1 Å². The first kappa shape index (κ1) is 13.6. The van der Waals surface area contributed by atoms with Gasteiger partial charge in [0.2, 0.25) is 5.91 Å². The molecule has 108 valence electrons. The first-order valence-electron chi connectivity index (χ1n) is 7.60. The van der Waals surface area contributed by atoms with Gasteiger partial charge in [0.1, 0.15) is 0 Å². The molecule has 1 aliphatic heterocycles. The van der Waals surface area contributed by atoms with E-state index in [1.807, 2.05) is 17.0 Å². The van der Waals surface area contributed by atoms with Crippen LogP contribution < -0.4 is 0 Å². The highest BCUT2D eigenvalue weighted by Gasteiger charge is 2.37. The molecule has 1 unspecified atom stereocenters. The van der Waals surface area contributed by atoms with E-state index in [-0.39, 0.29) is 18.4 Å². The number of carbonyl (C=O) groups excluding carboxylic acids is 1. The first-order chi connectivity index (χ1) is 9.68. The molecule has 1 saturated heterocycles. The van der Waals surface area contributed by atoms with Crippen molar-refractivity contribution in [2.45, 2.75) is 56.6 Å². The van der Waals surface area contributed by atoms with Gasteiger partial charge in [-0.15, -0.1) is 0 Å². The summed E-state index contributed by atoms with van der Waals surface area (Å²) in [5.74, 6) is 0.105. The van der Waals surface area contributed by atoms with Crippen molar-refractivity contribution in [1.29, 1.82) is 0 Å². The summed E-state index contributed by atoms with van der Waals surface area (Å²) in [6, 6.07) is 4.14. The molecule has 1 amide bonds. The molecule has 1 atom stereocenters. The Morgan fingerprint density at radius 3 is 2.70 bits per heavy atom.